The van der Waals surface area contributed by atoms with Crippen LogP contribution in [-0.2, 0) is 14.3 Å². The molecule has 1 aliphatic rings. The van der Waals surface area contributed by atoms with Crippen LogP contribution in [0.3, 0.4) is 0 Å². The van der Waals surface area contributed by atoms with Gasteiger partial charge in [0, 0.05) is 16.9 Å². The summed E-state index contributed by atoms with van der Waals surface area (Å²) in [6.07, 6.45) is -0.230. The van der Waals surface area contributed by atoms with Gasteiger partial charge in [0.2, 0.25) is 0 Å². The van der Waals surface area contributed by atoms with Crippen molar-refractivity contribution < 1.29 is 28.7 Å². The van der Waals surface area contributed by atoms with E-state index < -0.39 is 17.8 Å². The largest absolute Gasteiger partial charge is 0.497 e. The van der Waals surface area contributed by atoms with Crippen molar-refractivity contribution in [1.29, 1.82) is 0 Å². The van der Waals surface area contributed by atoms with Crippen molar-refractivity contribution in [2.24, 2.45) is 0 Å². The molecular weight excluding hydrogens is 510 g/mol. The van der Waals surface area contributed by atoms with E-state index >= 15 is 0 Å². The summed E-state index contributed by atoms with van der Waals surface area (Å²) in [5.41, 5.74) is 1.98. The number of ether oxygens (including phenoxy) is 2. The third-order valence-electron chi connectivity index (χ3n) is 5.50. The van der Waals surface area contributed by atoms with E-state index in [0.29, 0.717) is 33.9 Å². The van der Waals surface area contributed by atoms with Crippen molar-refractivity contribution in [2.75, 3.05) is 22.6 Å². The van der Waals surface area contributed by atoms with Crippen molar-refractivity contribution in [3.05, 3.63) is 94.7 Å². The van der Waals surface area contributed by atoms with Gasteiger partial charge in [0.25, 0.3) is 17.7 Å². The minimum Gasteiger partial charge on any atom is -0.497 e. The lowest BCUT2D eigenvalue weighted by molar-refractivity contribution is -0.120. The Kier molecular flexibility index (Phi) is 7.78. The second-order valence-corrected chi connectivity index (χ2v) is 8.90. The Morgan fingerprint density at radius 3 is 1.97 bits per heavy atom. The third-order valence-corrected chi connectivity index (χ3v) is 5.85. The summed E-state index contributed by atoms with van der Waals surface area (Å²) in [5, 5.41) is 5.39. The quantitative estimate of drug-likeness (QED) is 0.311. The second-order valence-electron chi connectivity index (χ2n) is 8.52. The van der Waals surface area contributed by atoms with E-state index in [1.807, 2.05) is 0 Å². The van der Waals surface area contributed by atoms with Gasteiger partial charge in [0.05, 0.1) is 24.5 Å². The van der Waals surface area contributed by atoms with Crippen LogP contribution in [0.1, 0.15) is 34.6 Å². The van der Waals surface area contributed by atoms with Crippen LogP contribution < -0.4 is 20.3 Å². The van der Waals surface area contributed by atoms with Crippen molar-refractivity contribution in [3.63, 3.8) is 0 Å². The summed E-state index contributed by atoms with van der Waals surface area (Å²) in [5.74, 6) is -1.48. The van der Waals surface area contributed by atoms with Gasteiger partial charge >= 0.3 is 5.97 Å². The molecule has 0 spiro atoms. The number of halogens is 1. The van der Waals surface area contributed by atoms with Crippen LogP contribution in [0.4, 0.5) is 17.1 Å². The standard InChI is InChI=1S/C28H24ClN3O6/c1-16(2)38-28(36)18-6-10-20(11-7-18)31-25(33)17-4-8-19(9-5-17)30-24-23(29)26(34)32(27(24)35)21-12-14-22(37-3)15-13-21/h4-16,30H,1-3H3,(H,31,33). The smallest absolute Gasteiger partial charge is 0.338 e. The molecule has 0 atom stereocenters. The van der Waals surface area contributed by atoms with Gasteiger partial charge in [-0.3, -0.25) is 14.4 Å². The van der Waals surface area contributed by atoms with Crippen LogP contribution in [0.15, 0.2) is 83.5 Å². The number of rotatable bonds is 8. The predicted molar refractivity (Wildman–Crippen MR) is 143 cm³/mol. The van der Waals surface area contributed by atoms with Gasteiger partial charge in [0.15, 0.2) is 0 Å². The van der Waals surface area contributed by atoms with Crippen molar-refractivity contribution in [2.45, 2.75) is 20.0 Å². The third kappa shape index (κ3) is 5.68. The Bertz CT molecular complexity index is 1410. The zero-order chi connectivity index (χ0) is 27.4. The minimum atomic E-state index is -0.649. The van der Waals surface area contributed by atoms with Gasteiger partial charge in [-0.15, -0.1) is 0 Å². The fourth-order valence-corrected chi connectivity index (χ4v) is 3.81. The number of esters is 1. The topological polar surface area (TPSA) is 114 Å². The molecule has 0 bridgehead atoms. The summed E-state index contributed by atoms with van der Waals surface area (Å²) in [6.45, 7) is 3.53. The fraction of sp³-hybridized carbons (Fsp3) is 0.143. The molecule has 4 rings (SSSR count). The molecule has 1 aliphatic heterocycles. The highest BCUT2D eigenvalue weighted by Gasteiger charge is 2.39. The van der Waals surface area contributed by atoms with Gasteiger partial charge in [-0.05, 0) is 86.6 Å². The van der Waals surface area contributed by atoms with Crippen LogP contribution in [0.25, 0.3) is 0 Å². The molecule has 10 heteroatoms. The van der Waals surface area contributed by atoms with Crippen molar-refractivity contribution >= 4 is 52.4 Å². The first-order chi connectivity index (χ1) is 18.2. The summed E-state index contributed by atoms with van der Waals surface area (Å²) in [7, 11) is 1.52. The molecule has 2 N–H and O–H groups in total. The maximum absolute atomic E-state index is 13.0. The molecule has 3 aromatic carbocycles. The molecule has 0 fully saturated rings. The predicted octanol–water partition coefficient (Wildman–Crippen LogP) is 4.95. The average molecular weight is 534 g/mol. The number of nitrogens with one attached hydrogen (secondary N) is 2. The Labute approximate surface area is 224 Å². The molecule has 3 amide bonds. The highest BCUT2D eigenvalue weighted by atomic mass is 35.5. The SMILES string of the molecule is COc1ccc(N2C(=O)C(Cl)=C(Nc3ccc(C(=O)Nc4ccc(C(=O)OC(C)C)cc4)cc3)C2=O)cc1. The molecule has 0 aromatic heterocycles. The van der Waals surface area contributed by atoms with Crippen LogP contribution >= 0.6 is 11.6 Å². The van der Waals surface area contributed by atoms with Crippen LogP contribution in [-0.4, -0.2) is 36.9 Å². The van der Waals surface area contributed by atoms with Crippen molar-refractivity contribution in [3.8, 4) is 5.75 Å². The molecule has 9 nitrogen and oxygen atoms in total. The number of amides is 3. The minimum absolute atomic E-state index is 0.0687. The van der Waals surface area contributed by atoms with Gasteiger partial charge in [-0.25, -0.2) is 9.69 Å². The number of carbonyl (C=O) groups excluding carboxylic acids is 4. The zero-order valence-corrected chi connectivity index (χ0v) is 21.5. The van der Waals surface area contributed by atoms with Gasteiger partial charge in [0.1, 0.15) is 16.5 Å². The van der Waals surface area contributed by atoms with E-state index in [-0.39, 0.29) is 22.7 Å². The first-order valence-corrected chi connectivity index (χ1v) is 12.0. The van der Waals surface area contributed by atoms with E-state index in [0.717, 1.165) is 4.90 Å². The Hall–Kier alpha value is -4.63. The van der Waals surface area contributed by atoms with E-state index in [2.05, 4.69) is 10.6 Å². The van der Waals surface area contributed by atoms with Crippen LogP contribution in [0.2, 0.25) is 0 Å². The van der Waals surface area contributed by atoms with Crippen molar-refractivity contribution in [1.82, 2.24) is 0 Å². The molecule has 194 valence electrons. The Morgan fingerprint density at radius 1 is 0.816 bits per heavy atom. The molecule has 0 saturated heterocycles. The van der Waals surface area contributed by atoms with E-state index in [4.69, 9.17) is 21.1 Å². The van der Waals surface area contributed by atoms with Crippen LogP contribution in [0.5, 0.6) is 5.75 Å². The fourth-order valence-electron chi connectivity index (χ4n) is 3.60. The normalized spacial score (nSPS) is 13.1. The first-order valence-electron chi connectivity index (χ1n) is 11.6. The monoisotopic (exact) mass is 533 g/mol. The molecular formula is C28H24ClN3O6. The highest BCUT2D eigenvalue weighted by Crippen LogP contribution is 2.31. The lowest BCUT2D eigenvalue weighted by atomic mass is 10.1. The number of nitrogens with zero attached hydrogens (tertiary/aromatic N) is 1. The van der Waals surface area contributed by atoms with E-state index in [1.165, 1.54) is 7.11 Å². The number of anilines is 3. The molecule has 0 aliphatic carbocycles. The van der Waals surface area contributed by atoms with Crippen LogP contribution in [0, 0.1) is 0 Å². The summed E-state index contributed by atoms with van der Waals surface area (Å²) in [6, 6.07) is 19.1. The molecule has 0 unspecified atom stereocenters. The second kappa shape index (κ2) is 11.2. The molecule has 1 heterocycles. The summed E-state index contributed by atoms with van der Waals surface area (Å²) in [4.78, 5) is 51.2. The summed E-state index contributed by atoms with van der Waals surface area (Å²) >= 11 is 6.19. The number of imide groups is 1. The molecule has 3 aromatic rings. The zero-order valence-electron chi connectivity index (χ0n) is 20.8. The average Bonchev–Trinajstić information content (AvgIpc) is 3.12. The number of hydrogen-bond acceptors (Lipinski definition) is 7. The highest BCUT2D eigenvalue weighted by molar-refractivity contribution is 6.53. The van der Waals surface area contributed by atoms with Gasteiger partial charge < -0.3 is 20.1 Å². The van der Waals surface area contributed by atoms with E-state index in [9.17, 15) is 19.2 Å². The molecule has 38 heavy (non-hydrogen) atoms. The number of carbonyl (C=O) groups is 4. The first kappa shape index (κ1) is 26.4. The maximum Gasteiger partial charge on any atom is 0.338 e. The number of methoxy groups -OCH3 is 1. The van der Waals surface area contributed by atoms with Gasteiger partial charge in [-0.2, -0.15) is 0 Å². The maximum atomic E-state index is 13.0. The number of hydrogen-bond donors (Lipinski definition) is 2. The van der Waals surface area contributed by atoms with E-state index in [1.54, 1.807) is 86.6 Å². The Balaban J connectivity index is 1.40. The summed E-state index contributed by atoms with van der Waals surface area (Å²) < 4.78 is 10.3. The lowest BCUT2D eigenvalue weighted by Crippen LogP contribution is -2.32. The van der Waals surface area contributed by atoms with Gasteiger partial charge in [-0.1, -0.05) is 11.6 Å². The Morgan fingerprint density at radius 2 is 1.39 bits per heavy atom. The molecule has 0 radical (unpaired) electrons. The lowest BCUT2D eigenvalue weighted by Gasteiger charge is -2.15. The number of benzene rings is 3. The molecule has 0 saturated carbocycles.